The van der Waals surface area contributed by atoms with E-state index in [0.29, 0.717) is 5.69 Å². The second kappa shape index (κ2) is 7.30. The van der Waals surface area contributed by atoms with Crippen LogP contribution in [0.1, 0.15) is 23.0 Å². The summed E-state index contributed by atoms with van der Waals surface area (Å²) in [5, 5.41) is 9.62. The van der Waals surface area contributed by atoms with Crippen LogP contribution in [0.25, 0.3) is 0 Å². The molecule has 3 aromatic rings. The summed E-state index contributed by atoms with van der Waals surface area (Å²) in [6, 6.07) is 26.0. The Morgan fingerprint density at radius 1 is 0.600 bits per heavy atom. The first-order valence-electron chi connectivity index (χ1n) is 10.1. The summed E-state index contributed by atoms with van der Waals surface area (Å²) in [4.78, 5) is 28.5. The molecule has 1 aliphatic heterocycles. The number of amides is 2. The van der Waals surface area contributed by atoms with Crippen LogP contribution in [0.3, 0.4) is 0 Å². The first-order chi connectivity index (χ1) is 14.6. The van der Waals surface area contributed by atoms with Gasteiger partial charge in [0.15, 0.2) is 0 Å². The van der Waals surface area contributed by atoms with Gasteiger partial charge in [-0.15, -0.1) is 0 Å². The number of anilines is 1. The number of benzene rings is 3. The molecule has 4 atom stereocenters. The van der Waals surface area contributed by atoms with Crippen molar-refractivity contribution in [3.63, 3.8) is 0 Å². The Hall–Kier alpha value is -3.66. The normalized spacial score (nSPS) is 25.4. The van der Waals surface area contributed by atoms with Crippen LogP contribution in [0.5, 0.6) is 5.75 Å². The summed E-state index contributed by atoms with van der Waals surface area (Å²) < 4.78 is 0. The molecule has 1 saturated heterocycles. The number of phenolic OH excluding ortho intramolecular Hbond substituents is 1. The number of fused-ring (bicyclic) bond motifs is 1. The highest BCUT2D eigenvalue weighted by atomic mass is 16.3. The number of allylic oxidation sites excluding steroid dienone is 2. The highest BCUT2D eigenvalue weighted by Gasteiger charge is 2.55. The van der Waals surface area contributed by atoms with Gasteiger partial charge in [0.2, 0.25) is 11.8 Å². The van der Waals surface area contributed by atoms with Crippen LogP contribution < -0.4 is 4.90 Å². The van der Waals surface area contributed by atoms with Crippen molar-refractivity contribution in [2.75, 3.05) is 4.90 Å². The fourth-order valence-corrected chi connectivity index (χ4v) is 4.79. The number of hydrogen-bond acceptors (Lipinski definition) is 3. The van der Waals surface area contributed by atoms with E-state index in [1.165, 1.54) is 17.0 Å². The Morgan fingerprint density at radius 3 is 1.47 bits per heavy atom. The van der Waals surface area contributed by atoms with Gasteiger partial charge in [0.05, 0.1) is 17.5 Å². The number of carbonyl (C=O) groups is 2. The maximum Gasteiger partial charge on any atom is 0.238 e. The molecule has 1 fully saturated rings. The maximum absolute atomic E-state index is 13.6. The molecule has 148 valence electrons. The average molecular weight is 395 g/mol. The molecule has 3 aromatic carbocycles. The predicted molar refractivity (Wildman–Crippen MR) is 115 cm³/mol. The molecule has 4 heteroatoms. The second-order valence-electron chi connectivity index (χ2n) is 7.84. The van der Waals surface area contributed by atoms with Gasteiger partial charge in [-0.2, -0.15) is 0 Å². The SMILES string of the molecule is O=C1[C@H]2[C@H](C(=O)N1c1ccc(O)cc1)[C@@H](c1ccccc1)C=C[C@@H]2c1ccccc1. The Labute approximate surface area is 175 Å². The Morgan fingerprint density at radius 2 is 1.03 bits per heavy atom. The molecular weight excluding hydrogens is 374 g/mol. The molecule has 1 N–H and O–H groups in total. The lowest BCUT2D eigenvalue weighted by Crippen LogP contribution is -2.31. The Balaban J connectivity index is 1.63. The maximum atomic E-state index is 13.6. The van der Waals surface area contributed by atoms with Crippen LogP contribution in [-0.4, -0.2) is 16.9 Å². The molecule has 5 rings (SSSR count). The van der Waals surface area contributed by atoms with E-state index in [4.69, 9.17) is 0 Å². The van der Waals surface area contributed by atoms with Crippen LogP contribution in [0.2, 0.25) is 0 Å². The number of carbonyl (C=O) groups excluding carboxylic acids is 2. The summed E-state index contributed by atoms with van der Waals surface area (Å²) in [5.41, 5.74) is 2.56. The number of hydrogen-bond donors (Lipinski definition) is 1. The Bertz CT molecular complexity index is 1040. The highest BCUT2D eigenvalue weighted by molar-refractivity contribution is 6.23. The second-order valence-corrected chi connectivity index (χ2v) is 7.84. The fraction of sp³-hybridized carbons (Fsp3) is 0.154. The van der Waals surface area contributed by atoms with Crippen molar-refractivity contribution in [3.05, 3.63) is 108 Å². The summed E-state index contributed by atoms with van der Waals surface area (Å²) in [6.07, 6.45) is 4.17. The number of aromatic hydroxyl groups is 1. The van der Waals surface area contributed by atoms with Crippen LogP contribution >= 0.6 is 0 Å². The molecule has 0 bridgehead atoms. The minimum atomic E-state index is -0.469. The molecule has 4 nitrogen and oxygen atoms in total. The third kappa shape index (κ3) is 2.92. The van der Waals surface area contributed by atoms with E-state index in [1.807, 2.05) is 60.7 Å². The van der Waals surface area contributed by atoms with Crippen molar-refractivity contribution in [2.24, 2.45) is 11.8 Å². The van der Waals surface area contributed by atoms with E-state index in [9.17, 15) is 14.7 Å². The smallest absolute Gasteiger partial charge is 0.238 e. The minimum absolute atomic E-state index is 0.0984. The van der Waals surface area contributed by atoms with Crippen molar-refractivity contribution in [2.45, 2.75) is 11.8 Å². The largest absolute Gasteiger partial charge is 0.508 e. The number of nitrogens with zero attached hydrogens (tertiary/aromatic N) is 1. The monoisotopic (exact) mass is 395 g/mol. The van der Waals surface area contributed by atoms with E-state index in [1.54, 1.807) is 12.1 Å². The average Bonchev–Trinajstić information content (AvgIpc) is 3.06. The quantitative estimate of drug-likeness (QED) is 0.519. The van der Waals surface area contributed by atoms with Crippen molar-refractivity contribution >= 4 is 17.5 Å². The van der Waals surface area contributed by atoms with Crippen LogP contribution in [0.15, 0.2) is 97.1 Å². The molecule has 1 aliphatic carbocycles. The number of rotatable bonds is 3. The van der Waals surface area contributed by atoms with Crippen molar-refractivity contribution in [1.29, 1.82) is 0 Å². The zero-order valence-corrected chi connectivity index (χ0v) is 16.3. The van der Waals surface area contributed by atoms with E-state index in [0.717, 1.165) is 11.1 Å². The van der Waals surface area contributed by atoms with Crippen LogP contribution in [0.4, 0.5) is 5.69 Å². The molecule has 0 radical (unpaired) electrons. The third-order valence-electron chi connectivity index (χ3n) is 6.17. The third-order valence-corrected chi connectivity index (χ3v) is 6.17. The Kier molecular flexibility index (Phi) is 4.47. The van der Waals surface area contributed by atoms with Gasteiger partial charge in [-0.05, 0) is 35.4 Å². The zero-order valence-electron chi connectivity index (χ0n) is 16.3. The zero-order chi connectivity index (χ0) is 20.7. The molecular formula is C26H21NO3. The summed E-state index contributed by atoms with van der Waals surface area (Å²) in [5.74, 6) is -1.52. The van der Waals surface area contributed by atoms with Crippen molar-refractivity contribution < 1.29 is 14.7 Å². The minimum Gasteiger partial charge on any atom is -0.508 e. The van der Waals surface area contributed by atoms with Crippen LogP contribution in [0, 0.1) is 11.8 Å². The lowest BCUT2D eigenvalue weighted by molar-refractivity contribution is -0.122. The summed E-state index contributed by atoms with van der Waals surface area (Å²) in [6.45, 7) is 0. The van der Waals surface area contributed by atoms with Gasteiger partial charge in [-0.1, -0.05) is 72.8 Å². The number of phenols is 1. The van der Waals surface area contributed by atoms with Gasteiger partial charge in [-0.3, -0.25) is 9.59 Å². The van der Waals surface area contributed by atoms with E-state index in [2.05, 4.69) is 12.2 Å². The standard InChI is InChI=1S/C26H21NO3/c28-20-13-11-19(12-14-20)27-25(29)23-21(17-7-3-1-4-8-17)15-16-22(24(23)26(27)30)18-9-5-2-6-10-18/h1-16,21-24,28H/t21-,22-,23-,24-/m1/s1. The van der Waals surface area contributed by atoms with E-state index < -0.39 is 11.8 Å². The predicted octanol–water partition coefficient (Wildman–Crippen LogP) is 4.64. The first kappa shape index (κ1) is 18.4. The van der Waals surface area contributed by atoms with Gasteiger partial charge < -0.3 is 5.11 Å². The summed E-state index contributed by atoms with van der Waals surface area (Å²) in [7, 11) is 0. The molecule has 2 aliphatic rings. The molecule has 0 saturated carbocycles. The molecule has 0 unspecified atom stereocenters. The molecule has 1 heterocycles. The van der Waals surface area contributed by atoms with Gasteiger partial charge >= 0.3 is 0 Å². The molecule has 0 aromatic heterocycles. The van der Waals surface area contributed by atoms with Gasteiger partial charge in [0.25, 0.3) is 0 Å². The van der Waals surface area contributed by atoms with Crippen molar-refractivity contribution in [3.8, 4) is 5.75 Å². The van der Waals surface area contributed by atoms with Gasteiger partial charge in [0, 0.05) is 11.8 Å². The lowest BCUT2D eigenvalue weighted by Gasteiger charge is -2.32. The van der Waals surface area contributed by atoms with Gasteiger partial charge in [-0.25, -0.2) is 4.90 Å². The topological polar surface area (TPSA) is 57.6 Å². The van der Waals surface area contributed by atoms with E-state index >= 15 is 0 Å². The molecule has 2 amide bonds. The first-order valence-corrected chi connectivity index (χ1v) is 10.1. The lowest BCUT2D eigenvalue weighted by atomic mass is 9.68. The summed E-state index contributed by atoms with van der Waals surface area (Å²) >= 11 is 0. The van der Waals surface area contributed by atoms with Gasteiger partial charge in [0.1, 0.15) is 5.75 Å². The fourth-order valence-electron chi connectivity index (χ4n) is 4.79. The van der Waals surface area contributed by atoms with Crippen LogP contribution in [-0.2, 0) is 9.59 Å². The highest BCUT2D eigenvalue weighted by Crippen LogP contribution is 2.50. The molecule has 30 heavy (non-hydrogen) atoms. The van der Waals surface area contributed by atoms with Crippen molar-refractivity contribution in [1.82, 2.24) is 0 Å². The number of imide groups is 1. The molecule has 0 spiro atoms. The van der Waals surface area contributed by atoms with E-state index in [-0.39, 0.29) is 29.4 Å².